The van der Waals surface area contributed by atoms with Crippen molar-refractivity contribution in [3.05, 3.63) is 52.3 Å². The average Bonchev–Trinajstić information content (AvgIpc) is 2.82. The van der Waals surface area contributed by atoms with E-state index in [0.29, 0.717) is 35.9 Å². The number of likely N-dealkylation sites (tertiary alicyclic amines) is 1. The number of pyridine rings is 1. The molecule has 7 nitrogen and oxygen atoms in total. The number of benzene rings is 1. The topological polar surface area (TPSA) is 74.2 Å². The molecule has 3 aromatic rings. The van der Waals surface area contributed by atoms with E-state index in [4.69, 9.17) is 4.98 Å². The average molecular weight is 515 g/mol. The zero-order valence-corrected chi connectivity index (χ0v) is 22.1. The fourth-order valence-corrected chi connectivity index (χ4v) is 5.16. The molecule has 0 bridgehead atoms. The van der Waals surface area contributed by atoms with Crippen LogP contribution in [0.15, 0.2) is 24.3 Å². The maximum Gasteiger partial charge on any atom is 0.416 e. The standard InChI is InChI=1S/C27H33F3N6O/c1-15-20(8-7-9-23(15)27(28,29)30)16(2)31-24-22-14-21(19-10-12-36(13-11-19)18(4)37)26(35(5)6)34-25(22)33-17(3)32-24/h7-9,14,16,19H,10-13H2,1-6H3,(H,31,32,33,34)/t16-/m1/s1. The van der Waals surface area contributed by atoms with Crippen LogP contribution in [0.3, 0.4) is 0 Å². The minimum absolute atomic E-state index is 0.0807. The van der Waals surface area contributed by atoms with Gasteiger partial charge in [-0.05, 0) is 68.4 Å². The first-order valence-electron chi connectivity index (χ1n) is 12.4. The Morgan fingerprint density at radius 3 is 2.41 bits per heavy atom. The molecule has 1 saturated heterocycles. The largest absolute Gasteiger partial charge is 0.416 e. The van der Waals surface area contributed by atoms with Crippen LogP contribution in [-0.2, 0) is 11.0 Å². The first-order chi connectivity index (χ1) is 17.4. The summed E-state index contributed by atoms with van der Waals surface area (Å²) in [5.41, 5.74) is 1.68. The van der Waals surface area contributed by atoms with Crippen LogP contribution in [0.4, 0.5) is 24.8 Å². The molecule has 0 spiro atoms. The summed E-state index contributed by atoms with van der Waals surface area (Å²) in [5, 5.41) is 4.06. The van der Waals surface area contributed by atoms with Gasteiger partial charge in [0.05, 0.1) is 17.0 Å². The van der Waals surface area contributed by atoms with Crippen molar-refractivity contribution in [1.82, 2.24) is 19.9 Å². The van der Waals surface area contributed by atoms with Gasteiger partial charge in [-0.25, -0.2) is 15.0 Å². The molecule has 1 N–H and O–H groups in total. The van der Waals surface area contributed by atoms with Gasteiger partial charge in [-0.3, -0.25) is 4.79 Å². The van der Waals surface area contributed by atoms with Crippen LogP contribution in [0, 0.1) is 13.8 Å². The molecule has 1 aliphatic heterocycles. The molecule has 0 unspecified atom stereocenters. The van der Waals surface area contributed by atoms with E-state index in [1.165, 1.54) is 13.0 Å². The zero-order chi connectivity index (χ0) is 27.1. The molecule has 3 heterocycles. The lowest BCUT2D eigenvalue weighted by molar-refractivity contribution is -0.138. The highest BCUT2D eigenvalue weighted by Crippen LogP contribution is 2.38. The maximum atomic E-state index is 13.5. The number of hydrogen-bond acceptors (Lipinski definition) is 6. The second-order valence-electron chi connectivity index (χ2n) is 9.95. The van der Waals surface area contributed by atoms with Crippen LogP contribution in [0.1, 0.15) is 66.7 Å². The molecule has 1 fully saturated rings. The Labute approximate surface area is 215 Å². The third kappa shape index (κ3) is 5.47. The highest BCUT2D eigenvalue weighted by molar-refractivity contribution is 5.89. The predicted octanol–water partition coefficient (Wildman–Crippen LogP) is 5.63. The van der Waals surface area contributed by atoms with E-state index >= 15 is 0 Å². The van der Waals surface area contributed by atoms with E-state index in [9.17, 15) is 18.0 Å². The van der Waals surface area contributed by atoms with Gasteiger partial charge >= 0.3 is 6.18 Å². The van der Waals surface area contributed by atoms with Crippen LogP contribution in [0.5, 0.6) is 0 Å². The summed E-state index contributed by atoms with van der Waals surface area (Å²) in [6.07, 6.45) is -2.77. The molecule has 1 atom stereocenters. The normalized spacial score (nSPS) is 15.6. The number of carbonyl (C=O) groups is 1. The number of nitrogens with zero attached hydrogens (tertiary/aromatic N) is 5. The lowest BCUT2D eigenvalue weighted by Gasteiger charge is -2.33. The number of hydrogen-bond donors (Lipinski definition) is 1. The minimum atomic E-state index is -4.42. The first-order valence-corrected chi connectivity index (χ1v) is 12.4. The third-order valence-corrected chi connectivity index (χ3v) is 7.11. The molecular formula is C27H33F3N6O. The number of rotatable bonds is 5. The Morgan fingerprint density at radius 1 is 1.14 bits per heavy atom. The van der Waals surface area contributed by atoms with Gasteiger partial charge in [-0.15, -0.1) is 0 Å². The lowest BCUT2D eigenvalue weighted by atomic mass is 9.89. The number of carbonyl (C=O) groups excluding carboxylic acids is 1. The summed E-state index contributed by atoms with van der Waals surface area (Å²) in [4.78, 5) is 29.7. The molecule has 1 aliphatic rings. The van der Waals surface area contributed by atoms with E-state index in [0.717, 1.165) is 35.7 Å². The summed E-state index contributed by atoms with van der Waals surface area (Å²) in [6, 6.07) is 5.86. The van der Waals surface area contributed by atoms with Gasteiger partial charge in [0.15, 0.2) is 5.65 Å². The van der Waals surface area contributed by atoms with E-state index in [1.807, 2.05) is 30.8 Å². The number of piperidine rings is 1. The molecule has 1 aromatic carbocycles. The molecule has 2 aromatic heterocycles. The van der Waals surface area contributed by atoms with Gasteiger partial charge < -0.3 is 15.1 Å². The highest BCUT2D eigenvalue weighted by Gasteiger charge is 2.33. The van der Waals surface area contributed by atoms with Gasteiger partial charge in [0.1, 0.15) is 17.5 Å². The van der Waals surface area contributed by atoms with Crippen LogP contribution >= 0.6 is 0 Å². The summed E-state index contributed by atoms with van der Waals surface area (Å²) >= 11 is 0. The molecule has 198 valence electrons. The smallest absolute Gasteiger partial charge is 0.363 e. The molecule has 0 radical (unpaired) electrons. The first kappa shape index (κ1) is 26.6. The summed E-state index contributed by atoms with van der Waals surface area (Å²) < 4.78 is 40.5. The lowest BCUT2D eigenvalue weighted by Crippen LogP contribution is -2.36. The molecule has 1 amide bonds. The summed E-state index contributed by atoms with van der Waals surface area (Å²) in [6.45, 7) is 8.06. The number of aryl methyl sites for hydroxylation is 1. The Morgan fingerprint density at radius 2 is 1.81 bits per heavy atom. The number of nitrogens with one attached hydrogen (secondary N) is 1. The van der Waals surface area contributed by atoms with Crippen molar-refractivity contribution in [1.29, 1.82) is 0 Å². The molecular weight excluding hydrogens is 481 g/mol. The zero-order valence-electron chi connectivity index (χ0n) is 22.1. The predicted molar refractivity (Wildman–Crippen MR) is 139 cm³/mol. The monoisotopic (exact) mass is 514 g/mol. The SMILES string of the molecule is CC(=O)N1CCC(c2cc3c(N[C@H](C)c4cccc(C(F)(F)F)c4C)nc(C)nc3nc2N(C)C)CC1. The van der Waals surface area contributed by atoms with E-state index in [-0.39, 0.29) is 17.4 Å². The number of aromatic nitrogens is 3. The number of amides is 1. The Bertz CT molecular complexity index is 1320. The highest BCUT2D eigenvalue weighted by atomic mass is 19.4. The van der Waals surface area contributed by atoms with Crippen molar-refractivity contribution in [3.8, 4) is 0 Å². The fourth-order valence-electron chi connectivity index (χ4n) is 5.16. The van der Waals surface area contributed by atoms with Gasteiger partial charge in [0.2, 0.25) is 5.91 Å². The third-order valence-electron chi connectivity index (χ3n) is 7.11. The Kier molecular flexibility index (Phi) is 7.30. The van der Waals surface area contributed by atoms with E-state index in [1.54, 1.807) is 19.9 Å². The van der Waals surface area contributed by atoms with Crippen LogP contribution in [0.25, 0.3) is 11.0 Å². The van der Waals surface area contributed by atoms with Gasteiger partial charge in [0.25, 0.3) is 0 Å². The van der Waals surface area contributed by atoms with Crippen LogP contribution in [-0.4, -0.2) is 52.9 Å². The minimum Gasteiger partial charge on any atom is -0.363 e. The number of halogens is 3. The Hall–Kier alpha value is -3.43. The number of alkyl halides is 3. The van der Waals surface area contributed by atoms with Gasteiger partial charge in [0, 0.05) is 34.1 Å². The fraction of sp³-hybridized carbons (Fsp3) is 0.481. The molecule has 37 heavy (non-hydrogen) atoms. The quantitative estimate of drug-likeness (QED) is 0.476. The van der Waals surface area contributed by atoms with Gasteiger partial charge in [-0.1, -0.05) is 12.1 Å². The van der Waals surface area contributed by atoms with E-state index in [2.05, 4.69) is 21.4 Å². The van der Waals surface area contributed by atoms with Crippen molar-refractivity contribution in [2.24, 2.45) is 0 Å². The van der Waals surface area contributed by atoms with Crippen molar-refractivity contribution < 1.29 is 18.0 Å². The Balaban J connectivity index is 1.75. The van der Waals surface area contributed by atoms with Crippen molar-refractivity contribution in [3.63, 3.8) is 0 Å². The second kappa shape index (κ2) is 10.1. The van der Waals surface area contributed by atoms with Crippen molar-refractivity contribution in [2.75, 3.05) is 37.4 Å². The van der Waals surface area contributed by atoms with E-state index < -0.39 is 17.8 Å². The molecule has 10 heteroatoms. The second-order valence-corrected chi connectivity index (χ2v) is 9.95. The van der Waals surface area contributed by atoms with Crippen molar-refractivity contribution >= 4 is 28.6 Å². The molecule has 4 rings (SSSR count). The number of fused-ring (bicyclic) bond motifs is 1. The molecule has 0 saturated carbocycles. The molecule has 0 aliphatic carbocycles. The van der Waals surface area contributed by atoms with Crippen molar-refractivity contribution in [2.45, 2.75) is 58.7 Å². The van der Waals surface area contributed by atoms with Gasteiger partial charge in [-0.2, -0.15) is 13.2 Å². The summed E-state index contributed by atoms with van der Waals surface area (Å²) in [7, 11) is 3.88. The van der Waals surface area contributed by atoms with Crippen LogP contribution < -0.4 is 10.2 Å². The summed E-state index contributed by atoms with van der Waals surface area (Å²) in [5.74, 6) is 2.16. The maximum absolute atomic E-state index is 13.5. The van der Waals surface area contributed by atoms with Crippen LogP contribution in [0.2, 0.25) is 0 Å². The number of anilines is 2.